The van der Waals surface area contributed by atoms with E-state index in [9.17, 15) is 4.79 Å². The number of rotatable bonds is 4. The van der Waals surface area contributed by atoms with Gasteiger partial charge in [-0.05, 0) is 12.5 Å². The average molecular weight is 244 g/mol. The zero-order valence-electron chi connectivity index (χ0n) is 9.71. The van der Waals surface area contributed by atoms with Crippen molar-refractivity contribution in [1.29, 1.82) is 0 Å². The molecule has 0 spiro atoms. The molecule has 0 radical (unpaired) electrons. The molecule has 0 aliphatic rings. The van der Waals surface area contributed by atoms with E-state index in [0.717, 1.165) is 5.56 Å². The van der Waals surface area contributed by atoms with Crippen molar-refractivity contribution in [1.82, 2.24) is 10.2 Å². The third kappa shape index (κ3) is 2.54. The fourth-order valence-electron chi connectivity index (χ4n) is 1.48. The summed E-state index contributed by atoms with van der Waals surface area (Å²) in [5.41, 5.74) is 4.10. The number of carboxylic acids is 1. The molecule has 3 N–H and O–H groups in total. The minimum atomic E-state index is -1.04. The Labute approximate surface area is 103 Å². The van der Waals surface area contributed by atoms with Crippen LogP contribution in [-0.4, -0.2) is 27.5 Å². The van der Waals surface area contributed by atoms with Gasteiger partial charge in [0.1, 0.15) is 5.56 Å². The molecule has 0 saturated heterocycles. The van der Waals surface area contributed by atoms with Crippen LogP contribution in [0.5, 0.6) is 0 Å². The van der Waals surface area contributed by atoms with Crippen molar-refractivity contribution >= 4 is 18.0 Å². The third-order valence-electron chi connectivity index (χ3n) is 2.34. The van der Waals surface area contributed by atoms with Gasteiger partial charge in [-0.3, -0.25) is 10.5 Å². The summed E-state index contributed by atoms with van der Waals surface area (Å²) in [5, 5.41) is 19.4. The third-order valence-corrected chi connectivity index (χ3v) is 2.34. The van der Waals surface area contributed by atoms with Gasteiger partial charge in [-0.25, -0.2) is 4.79 Å². The maximum Gasteiger partial charge on any atom is 0.341 e. The van der Waals surface area contributed by atoms with Crippen molar-refractivity contribution in [2.24, 2.45) is 5.10 Å². The van der Waals surface area contributed by atoms with Gasteiger partial charge in [-0.15, -0.1) is 0 Å². The number of aromatic nitrogens is 2. The number of nitrogens with one attached hydrogen (secondary N) is 2. The number of carboxylic acid groups (broad SMARTS) is 1. The minimum Gasteiger partial charge on any atom is -0.477 e. The first-order valence-electron chi connectivity index (χ1n) is 5.31. The van der Waals surface area contributed by atoms with Crippen LogP contribution in [0.2, 0.25) is 0 Å². The van der Waals surface area contributed by atoms with E-state index in [2.05, 4.69) is 20.7 Å². The van der Waals surface area contributed by atoms with Gasteiger partial charge >= 0.3 is 5.97 Å². The van der Waals surface area contributed by atoms with Crippen LogP contribution in [0.3, 0.4) is 0 Å². The van der Waals surface area contributed by atoms with E-state index in [-0.39, 0.29) is 11.4 Å². The molecule has 0 bridgehead atoms. The fourth-order valence-corrected chi connectivity index (χ4v) is 1.48. The van der Waals surface area contributed by atoms with Crippen molar-refractivity contribution in [3.05, 3.63) is 47.2 Å². The molecule has 2 rings (SSSR count). The number of aromatic carboxylic acids is 1. The van der Waals surface area contributed by atoms with Gasteiger partial charge in [0, 0.05) is 5.69 Å². The van der Waals surface area contributed by atoms with Crippen LogP contribution in [0.1, 0.15) is 21.6 Å². The van der Waals surface area contributed by atoms with Gasteiger partial charge in [0.15, 0.2) is 5.82 Å². The molecule has 0 amide bonds. The lowest BCUT2D eigenvalue weighted by atomic mass is 10.2. The van der Waals surface area contributed by atoms with Gasteiger partial charge in [-0.2, -0.15) is 10.2 Å². The van der Waals surface area contributed by atoms with E-state index in [1.54, 1.807) is 13.1 Å². The second kappa shape index (κ2) is 5.13. The standard InChI is InChI=1S/C12H12N4O2/c1-8-10(12(17)18)11(16-14-8)15-13-7-9-5-3-2-4-6-9/h2-7H,1H3,(H,17,18)(H2,14,15,16)/b13-7+. The fraction of sp³-hybridized carbons (Fsp3) is 0.0833. The first kappa shape index (κ1) is 11.8. The molecular weight excluding hydrogens is 232 g/mol. The molecule has 0 saturated carbocycles. The van der Waals surface area contributed by atoms with E-state index in [1.807, 2.05) is 30.3 Å². The van der Waals surface area contributed by atoms with Gasteiger partial charge in [0.2, 0.25) is 0 Å². The van der Waals surface area contributed by atoms with E-state index in [0.29, 0.717) is 5.69 Å². The second-order valence-corrected chi connectivity index (χ2v) is 3.66. The second-order valence-electron chi connectivity index (χ2n) is 3.66. The Morgan fingerprint density at radius 2 is 2.17 bits per heavy atom. The normalized spacial score (nSPS) is 10.7. The molecule has 6 nitrogen and oxygen atoms in total. The lowest BCUT2D eigenvalue weighted by Crippen LogP contribution is -2.02. The number of aromatic amines is 1. The van der Waals surface area contributed by atoms with Crippen molar-refractivity contribution in [2.45, 2.75) is 6.92 Å². The average Bonchev–Trinajstić information content (AvgIpc) is 2.72. The zero-order chi connectivity index (χ0) is 13.0. The van der Waals surface area contributed by atoms with Crippen molar-refractivity contribution in [3.8, 4) is 0 Å². The van der Waals surface area contributed by atoms with Crippen LogP contribution in [0.4, 0.5) is 5.82 Å². The quantitative estimate of drug-likeness (QED) is 0.565. The Kier molecular flexibility index (Phi) is 3.38. The number of carbonyl (C=O) groups is 1. The molecule has 0 aliphatic heterocycles. The number of aryl methyl sites for hydroxylation is 1. The molecule has 0 unspecified atom stereocenters. The summed E-state index contributed by atoms with van der Waals surface area (Å²) in [5.74, 6) is -0.842. The minimum absolute atomic E-state index is 0.0974. The number of anilines is 1. The van der Waals surface area contributed by atoms with E-state index >= 15 is 0 Å². The molecule has 1 aromatic heterocycles. The maximum atomic E-state index is 11.0. The molecule has 0 fully saturated rings. The van der Waals surface area contributed by atoms with Gasteiger partial charge in [-0.1, -0.05) is 30.3 Å². The molecule has 18 heavy (non-hydrogen) atoms. The van der Waals surface area contributed by atoms with Gasteiger partial charge in [0.25, 0.3) is 0 Å². The van der Waals surface area contributed by atoms with E-state index in [4.69, 9.17) is 5.11 Å². The number of H-pyrrole nitrogens is 1. The lowest BCUT2D eigenvalue weighted by molar-refractivity contribution is 0.0697. The first-order chi connectivity index (χ1) is 8.68. The van der Waals surface area contributed by atoms with E-state index in [1.165, 1.54) is 0 Å². The molecule has 1 aromatic carbocycles. The van der Waals surface area contributed by atoms with Gasteiger partial charge < -0.3 is 5.11 Å². The molecule has 2 aromatic rings. The van der Waals surface area contributed by atoms with Crippen molar-refractivity contribution < 1.29 is 9.90 Å². The predicted molar refractivity (Wildman–Crippen MR) is 67.9 cm³/mol. The topological polar surface area (TPSA) is 90.4 Å². The number of hydrogen-bond donors (Lipinski definition) is 3. The Hall–Kier alpha value is -2.63. The summed E-state index contributed by atoms with van der Waals surface area (Å²) in [6.45, 7) is 1.64. The summed E-state index contributed by atoms with van der Waals surface area (Å²) >= 11 is 0. The van der Waals surface area contributed by atoms with Crippen molar-refractivity contribution in [3.63, 3.8) is 0 Å². The van der Waals surface area contributed by atoms with Crippen LogP contribution in [0.15, 0.2) is 35.4 Å². The summed E-state index contributed by atoms with van der Waals surface area (Å²) < 4.78 is 0. The smallest absolute Gasteiger partial charge is 0.341 e. The summed E-state index contributed by atoms with van der Waals surface area (Å²) in [6.07, 6.45) is 1.59. The Bertz CT molecular complexity index is 575. The molecule has 0 aliphatic carbocycles. The molecule has 0 atom stereocenters. The van der Waals surface area contributed by atoms with Crippen LogP contribution in [-0.2, 0) is 0 Å². The number of nitrogens with zero attached hydrogens (tertiary/aromatic N) is 2. The van der Waals surface area contributed by atoms with E-state index < -0.39 is 5.97 Å². The van der Waals surface area contributed by atoms with Gasteiger partial charge in [0.05, 0.1) is 6.21 Å². The number of benzene rings is 1. The van der Waals surface area contributed by atoms with Crippen LogP contribution in [0.25, 0.3) is 0 Å². The molecule has 1 heterocycles. The monoisotopic (exact) mass is 244 g/mol. The zero-order valence-corrected chi connectivity index (χ0v) is 9.71. The summed E-state index contributed by atoms with van der Waals surface area (Å²) in [4.78, 5) is 11.0. The van der Waals surface area contributed by atoms with Crippen molar-refractivity contribution in [2.75, 3.05) is 5.43 Å². The Morgan fingerprint density at radius 1 is 1.44 bits per heavy atom. The first-order valence-corrected chi connectivity index (χ1v) is 5.31. The lowest BCUT2D eigenvalue weighted by Gasteiger charge is -1.97. The van der Waals surface area contributed by atoms with Crippen LogP contribution < -0.4 is 5.43 Å². The maximum absolute atomic E-state index is 11.0. The number of hydrogen-bond acceptors (Lipinski definition) is 4. The molecule has 92 valence electrons. The number of hydrazone groups is 1. The van der Waals surface area contributed by atoms with Crippen LogP contribution in [0, 0.1) is 6.92 Å². The summed E-state index contributed by atoms with van der Waals surface area (Å²) in [6, 6.07) is 9.47. The highest BCUT2D eigenvalue weighted by Crippen LogP contribution is 2.15. The van der Waals surface area contributed by atoms with Crippen LogP contribution >= 0.6 is 0 Å². The highest BCUT2D eigenvalue weighted by Gasteiger charge is 2.16. The molecular formula is C12H12N4O2. The highest BCUT2D eigenvalue weighted by atomic mass is 16.4. The summed E-state index contributed by atoms with van der Waals surface area (Å²) in [7, 11) is 0. The predicted octanol–water partition coefficient (Wildman–Crippen LogP) is 1.86. The Balaban J connectivity index is 2.12. The molecule has 6 heteroatoms. The highest BCUT2D eigenvalue weighted by molar-refractivity contribution is 5.94. The SMILES string of the molecule is Cc1[nH]nc(N/N=C/c2ccccc2)c1C(=O)O. The Morgan fingerprint density at radius 3 is 2.83 bits per heavy atom. The largest absolute Gasteiger partial charge is 0.477 e.